The van der Waals surface area contributed by atoms with Gasteiger partial charge in [-0.05, 0) is 72.2 Å². The maximum Gasteiger partial charge on any atom is 0.256 e. The number of aromatic nitrogens is 1. The molecule has 1 fully saturated rings. The van der Waals surface area contributed by atoms with Crippen LogP contribution in [0.5, 0.6) is 11.5 Å². The molecule has 2 aliphatic rings. The lowest BCUT2D eigenvalue weighted by atomic mass is 9.89. The summed E-state index contributed by atoms with van der Waals surface area (Å²) in [5.74, 6) is 1.53. The van der Waals surface area contributed by atoms with Crippen molar-refractivity contribution < 1.29 is 14.3 Å². The third-order valence-electron chi connectivity index (χ3n) is 7.13. The molecule has 4 aromatic rings. The van der Waals surface area contributed by atoms with Gasteiger partial charge in [-0.15, -0.1) is 0 Å². The molecule has 3 heterocycles. The Hall–Kier alpha value is -3.84. The number of carbonyl (C=O) groups excluding carboxylic acids is 1. The quantitative estimate of drug-likeness (QED) is 0.407. The fraction of sp³-hybridized carbons (Fsp3) is 0.214. The number of fused-ring (bicyclic) bond motifs is 4. The first kappa shape index (κ1) is 21.7. The van der Waals surface area contributed by atoms with Crippen LogP contribution < -0.4 is 14.4 Å². The fourth-order valence-electron chi connectivity index (χ4n) is 5.43. The van der Waals surface area contributed by atoms with Crippen molar-refractivity contribution in [1.29, 1.82) is 0 Å². The molecular formula is C28H25N3O3S. The lowest BCUT2D eigenvalue weighted by molar-refractivity contribution is -0.120. The average Bonchev–Trinajstić information content (AvgIpc) is 3.37. The number of aryl methyl sites for hydroxylation is 1. The number of H-pyrrole nitrogens is 1. The van der Waals surface area contributed by atoms with Gasteiger partial charge in [-0.1, -0.05) is 30.3 Å². The first-order chi connectivity index (χ1) is 17.0. The number of amides is 1. The minimum absolute atomic E-state index is 0.00212. The Balaban J connectivity index is 1.51. The minimum Gasteiger partial charge on any atom is -0.497 e. The van der Waals surface area contributed by atoms with Crippen LogP contribution in [0.4, 0.5) is 5.69 Å². The van der Waals surface area contributed by atoms with Gasteiger partial charge in [0.05, 0.1) is 25.9 Å². The average molecular weight is 484 g/mol. The molecule has 0 aliphatic carbocycles. The number of anilines is 1. The van der Waals surface area contributed by atoms with Gasteiger partial charge in [-0.2, -0.15) is 0 Å². The summed E-state index contributed by atoms with van der Waals surface area (Å²) in [6.07, 6.45) is 0.594. The molecule has 2 atom stereocenters. The van der Waals surface area contributed by atoms with Gasteiger partial charge in [0.2, 0.25) is 0 Å². The Morgan fingerprint density at radius 1 is 0.971 bits per heavy atom. The van der Waals surface area contributed by atoms with E-state index in [-0.39, 0.29) is 18.0 Å². The fourth-order valence-corrected chi connectivity index (χ4v) is 5.86. The van der Waals surface area contributed by atoms with Crippen LogP contribution in [0.1, 0.15) is 28.4 Å². The van der Waals surface area contributed by atoms with Gasteiger partial charge in [-0.25, -0.2) is 0 Å². The Labute approximate surface area is 209 Å². The summed E-state index contributed by atoms with van der Waals surface area (Å²) in [7, 11) is 3.29. The topological polar surface area (TPSA) is 57.8 Å². The Morgan fingerprint density at radius 3 is 2.40 bits per heavy atom. The van der Waals surface area contributed by atoms with Crippen LogP contribution in [0.15, 0.2) is 66.7 Å². The summed E-state index contributed by atoms with van der Waals surface area (Å²) in [6, 6.07) is 21.4. The molecule has 3 aromatic carbocycles. The highest BCUT2D eigenvalue weighted by atomic mass is 32.1. The van der Waals surface area contributed by atoms with Crippen molar-refractivity contribution in [2.24, 2.45) is 0 Å². The van der Waals surface area contributed by atoms with E-state index in [1.807, 2.05) is 49.4 Å². The van der Waals surface area contributed by atoms with E-state index in [1.54, 1.807) is 19.1 Å². The zero-order valence-corrected chi connectivity index (χ0v) is 20.6. The molecule has 0 spiro atoms. The van der Waals surface area contributed by atoms with Gasteiger partial charge >= 0.3 is 0 Å². The van der Waals surface area contributed by atoms with Crippen LogP contribution >= 0.6 is 12.2 Å². The van der Waals surface area contributed by atoms with Crippen molar-refractivity contribution in [1.82, 2.24) is 9.88 Å². The lowest BCUT2D eigenvalue weighted by Crippen LogP contribution is -2.44. The van der Waals surface area contributed by atoms with Crippen LogP contribution in [0, 0.1) is 6.92 Å². The number of nitrogens with one attached hydrogen (secondary N) is 1. The summed E-state index contributed by atoms with van der Waals surface area (Å²) in [5.41, 5.74) is 6.09. The molecular weight excluding hydrogens is 458 g/mol. The number of benzene rings is 3. The van der Waals surface area contributed by atoms with Gasteiger partial charge in [0, 0.05) is 23.0 Å². The van der Waals surface area contributed by atoms with E-state index in [2.05, 4.69) is 34.1 Å². The van der Waals surface area contributed by atoms with Gasteiger partial charge < -0.3 is 19.4 Å². The van der Waals surface area contributed by atoms with Crippen molar-refractivity contribution in [3.8, 4) is 11.5 Å². The maximum absolute atomic E-state index is 13.9. The normalized spacial score (nSPS) is 19.2. The molecule has 0 saturated carbocycles. The van der Waals surface area contributed by atoms with Crippen molar-refractivity contribution in [3.63, 3.8) is 0 Å². The molecule has 7 heteroatoms. The summed E-state index contributed by atoms with van der Waals surface area (Å²) < 4.78 is 10.8. The zero-order chi connectivity index (χ0) is 24.3. The molecule has 2 aliphatic heterocycles. The predicted molar refractivity (Wildman–Crippen MR) is 140 cm³/mol. The largest absolute Gasteiger partial charge is 0.497 e. The molecule has 0 radical (unpaired) electrons. The van der Waals surface area contributed by atoms with Crippen LogP contribution in [0.25, 0.3) is 10.9 Å². The molecule has 1 saturated heterocycles. The van der Waals surface area contributed by atoms with E-state index in [9.17, 15) is 4.79 Å². The Bertz CT molecular complexity index is 1480. The highest BCUT2D eigenvalue weighted by Gasteiger charge is 2.51. The standard InChI is InChI=1S/C28H25N3O3S/c1-16-14-19(34-3)12-13-23(16)31-27(32)24-15-21-20-6-4-5-7-22(20)29-25(21)26(30(24)28(31)35)17-8-10-18(33-2)11-9-17/h4-14,24,26,29H,15H2,1-3H3. The van der Waals surface area contributed by atoms with E-state index < -0.39 is 0 Å². The van der Waals surface area contributed by atoms with Crippen LogP contribution in [0.3, 0.4) is 0 Å². The molecule has 1 N–H and O–H groups in total. The van der Waals surface area contributed by atoms with Gasteiger partial charge in [0.25, 0.3) is 5.91 Å². The highest BCUT2D eigenvalue weighted by Crippen LogP contribution is 2.45. The molecule has 6 nitrogen and oxygen atoms in total. The number of nitrogens with zero attached hydrogens (tertiary/aromatic N) is 2. The van der Waals surface area contributed by atoms with E-state index in [1.165, 1.54) is 5.56 Å². The molecule has 1 aromatic heterocycles. The van der Waals surface area contributed by atoms with E-state index in [0.29, 0.717) is 11.5 Å². The number of ether oxygens (including phenoxy) is 2. The second kappa shape index (κ2) is 8.13. The minimum atomic E-state index is -0.386. The number of para-hydroxylation sites is 1. The Kier molecular flexibility index (Phi) is 5.04. The number of aromatic amines is 1. The monoisotopic (exact) mass is 483 g/mol. The SMILES string of the molecule is COc1ccc(C2c3[nH]c4ccccc4c3CC3C(=O)N(c4ccc(OC)cc4C)C(=S)N32)cc1. The molecule has 2 unspecified atom stereocenters. The summed E-state index contributed by atoms with van der Waals surface area (Å²) >= 11 is 6.02. The smallest absolute Gasteiger partial charge is 0.256 e. The van der Waals surface area contributed by atoms with Gasteiger partial charge in [-0.3, -0.25) is 9.69 Å². The van der Waals surface area contributed by atoms with Crippen LogP contribution in [-0.2, 0) is 11.2 Å². The molecule has 1 amide bonds. The van der Waals surface area contributed by atoms with Gasteiger partial charge in [0.15, 0.2) is 5.11 Å². The van der Waals surface area contributed by atoms with Crippen LogP contribution in [-0.4, -0.2) is 41.2 Å². The van der Waals surface area contributed by atoms with Crippen molar-refractivity contribution in [2.75, 3.05) is 19.1 Å². The number of hydrogen-bond donors (Lipinski definition) is 1. The highest BCUT2D eigenvalue weighted by molar-refractivity contribution is 7.80. The first-order valence-electron chi connectivity index (χ1n) is 11.6. The van der Waals surface area contributed by atoms with Gasteiger partial charge in [0.1, 0.15) is 17.5 Å². The molecule has 35 heavy (non-hydrogen) atoms. The van der Waals surface area contributed by atoms with Crippen LogP contribution in [0.2, 0.25) is 0 Å². The number of thiocarbonyl (C=S) groups is 1. The Morgan fingerprint density at radius 2 is 1.69 bits per heavy atom. The zero-order valence-electron chi connectivity index (χ0n) is 19.7. The van der Waals surface area contributed by atoms with E-state index in [0.717, 1.165) is 44.9 Å². The number of hydrogen-bond acceptors (Lipinski definition) is 4. The van der Waals surface area contributed by atoms with Crippen molar-refractivity contribution in [3.05, 3.63) is 89.1 Å². The van der Waals surface area contributed by atoms with E-state index in [4.69, 9.17) is 21.7 Å². The second-order valence-electron chi connectivity index (χ2n) is 8.97. The third kappa shape index (κ3) is 3.22. The second-order valence-corrected chi connectivity index (χ2v) is 9.34. The maximum atomic E-state index is 13.9. The molecule has 176 valence electrons. The van der Waals surface area contributed by atoms with E-state index >= 15 is 0 Å². The summed E-state index contributed by atoms with van der Waals surface area (Å²) in [6.45, 7) is 1.97. The molecule has 6 rings (SSSR count). The summed E-state index contributed by atoms with van der Waals surface area (Å²) in [4.78, 5) is 21.4. The third-order valence-corrected chi connectivity index (χ3v) is 7.52. The predicted octanol–water partition coefficient (Wildman–Crippen LogP) is 5.14. The number of methoxy groups -OCH3 is 2. The molecule has 0 bridgehead atoms. The number of carbonyl (C=O) groups is 1. The summed E-state index contributed by atoms with van der Waals surface area (Å²) in [5, 5.41) is 1.66. The lowest BCUT2D eigenvalue weighted by Gasteiger charge is -2.37. The van der Waals surface area contributed by atoms with Crippen molar-refractivity contribution in [2.45, 2.75) is 25.4 Å². The first-order valence-corrected chi connectivity index (χ1v) is 12.0. The van der Waals surface area contributed by atoms with Crippen molar-refractivity contribution >= 4 is 39.8 Å². The number of rotatable bonds is 4.